The van der Waals surface area contributed by atoms with Crippen LogP contribution < -0.4 is 5.32 Å². The minimum absolute atomic E-state index is 1.06. The largest absolute Gasteiger partial charge is 0.355 e. The predicted molar refractivity (Wildman–Crippen MR) is 202 cm³/mol. The summed E-state index contributed by atoms with van der Waals surface area (Å²) in [5, 5.41) is 6.23. The highest BCUT2D eigenvalue weighted by Crippen LogP contribution is 2.36. The summed E-state index contributed by atoms with van der Waals surface area (Å²) in [6.45, 7) is 8.00. The van der Waals surface area contributed by atoms with Gasteiger partial charge in [0.05, 0.1) is 11.0 Å². The fraction of sp³-hybridized carbons (Fsp3) is 0.0909. The molecule has 1 heterocycles. The third-order valence-corrected chi connectivity index (χ3v) is 7.62. The van der Waals surface area contributed by atoms with Gasteiger partial charge in [0.1, 0.15) is 0 Å². The Hall–Kier alpha value is -5.60. The lowest BCUT2D eigenvalue weighted by molar-refractivity contribution is 1.18. The van der Waals surface area contributed by atoms with E-state index in [1.165, 1.54) is 44.1 Å². The van der Waals surface area contributed by atoms with E-state index in [-0.39, 0.29) is 0 Å². The number of fused-ring (bicyclic) bond motifs is 3. The van der Waals surface area contributed by atoms with E-state index in [2.05, 4.69) is 162 Å². The second-order valence-corrected chi connectivity index (χ2v) is 10.6. The first kappa shape index (κ1) is 31.8. The Labute approximate surface area is 274 Å². The minimum Gasteiger partial charge on any atom is -0.355 e. The fourth-order valence-electron chi connectivity index (χ4n) is 5.59. The zero-order valence-electron chi connectivity index (χ0n) is 27.2. The van der Waals surface area contributed by atoms with Crippen LogP contribution >= 0.6 is 0 Å². The van der Waals surface area contributed by atoms with E-state index in [9.17, 15) is 0 Å². The molecule has 2 heteroatoms. The summed E-state index contributed by atoms with van der Waals surface area (Å²) < 4.78 is 2.35. The van der Waals surface area contributed by atoms with Crippen molar-refractivity contribution in [2.24, 2.45) is 0 Å². The molecule has 7 aromatic rings. The average Bonchev–Trinajstić information content (AvgIpc) is 3.46. The molecule has 228 valence electrons. The van der Waals surface area contributed by atoms with Crippen molar-refractivity contribution in [2.75, 3.05) is 5.32 Å². The fourth-order valence-corrected chi connectivity index (χ4v) is 5.59. The van der Waals surface area contributed by atoms with Crippen LogP contribution in [0.25, 0.3) is 49.7 Å². The molecule has 0 saturated carbocycles. The van der Waals surface area contributed by atoms with Gasteiger partial charge in [-0.15, -0.1) is 0 Å². The van der Waals surface area contributed by atoms with E-state index in [1.807, 2.05) is 52.0 Å². The van der Waals surface area contributed by atoms with Crippen LogP contribution in [0.15, 0.2) is 176 Å². The summed E-state index contributed by atoms with van der Waals surface area (Å²) in [4.78, 5) is 0. The zero-order valence-corrected chi connectivity index (χ0v) is 27.2. The molecule has 0 aliphatic carbocycles. The van der Waals surface area contributed by atoms with E-state index in [0.717, 1.165) is 17.1 Å². The maximum atomic E-state index is 3.73. The lowest BCUT2D eigenvalue weighted by atomic mass is 9.98. The minimum atomic E-state index is 1.06. The van der Waals surface area contributed by atoms with Gasteiger partial charge in [0.25, 0.3) is 0 Å². The molecular formula is C44H42N2. The van der Waals surface area contributed by atoms with Crippen molar-refractivity contribution in [3.63, 3.8) is 0 Å². The molecule has 0 aliphatic heterocycles. The van der Waals surface area contributed by atoms with Gasteiger partial charge in [-0.2, -0.15) is 0 Å². The normalized spacial score (nSPS) is 10.9. The van der Waals surface area contributed by atoms with Gasteiger partial charge in [-0.05, 0) is 84.6 Å². The van der Waals surface area contributed by atoms with Crippen molar-refractivity contribution < 1.29 is 0 Å². The smallest absolute Gasteiger partial charge is 0.0561 e. The molecular weight excluding hydrogens is 556 g/mol. The van der Waals surface area contributed by atoms with Crippen LogP contribution in [0.5, 0.6) is 0 Å². The van der Waals surface area contributed by atoms with Gasteiger partial charge in [0.2, 0.25) is 0 Å². The average molecular weight is 599 g/mol. The van der Waals surface area contributed by atoms with Crippen molar-refractivity contribution in [1.82, 2.24) is 4.57 Å². The van der Waals surface area contributed by atoms with Gasteiger partial charge in [0, 0.05) is 27.8 Å². The second kappa shape index (κ2) is 15.9. The van der Waals surface area contributed by atoms with Crippen molar-refractivity contribution in [3.8, 4) is 27.9 Å². The Balaban J connectivity index is 0.000000471. The van der Waals surface area contributed by atoms with Crippen molar-refractivity contribution in [1.29, 1.82) is 0 Å². The first-order valence-electron chi connectivity index (χ1n) is 16.1. The van der Waals surface area contributed by atoms with E-state index in [1.54, 1.807) is 0 Å². The van der Waals surface area contributed by atoms with Gasteiger partial charge in [-0.3, -0.25) is 0 Å². The molecule has 0 aliphatic rings. The molecule has 0 saturated heterocycles. The second-order valence-electron chi connectivity index (χ2n) is 10.6. The highest BCUT2D eigenvalue weighted by Gasteiger charge is 2.13. The molecule has 7 rings (SSSR count). The molecule has 1 aromatic heterocycles. The lowest BCUT2D eigenvalue weighted by Gasteiger charge is -2.14. The first-order valence-corrected chi connectivity index (χ1v) is 16.1. The van der Waals surface area contributed by atoms with Gasteiger partial charge in [-0.25, -0.2) is 0 Å². The van der Waals surface area contributed by atoms with Crippen molar-refractivity contribution in [3.05, 3.63) is 176 Å². The first-order chi connectivity index (χ1) is 22.7. The van der Waals surface area contributed by atoms with Crippen LogP contribution in [0.1, 0.15) is 27.7 Å². The molecule has 0 unspecified atom stereocenters. The van der Waals surface area contributed by atoms with Gasteiger partial charge >= 0.3 is 0 Å². The Morgan fingerprint density at radius 2 is 0.935 bits per heavy atom. The standard InChI is InChI=1S/C36H26N2.C6H10.C2H6/c1-4-12-26(13-5-1)28-22-29(27-14-6-2-7-15-27)24-31(23-28)37-30-20-21-34-33-18-10-11-19-35(33)38(36(34)25-30)32-16-8-3-9-17-32;1-3-5-6-4-2;1-2/h1-25,37H;3-6H,1-2H3;1-2H3/b;5-3-,6-4-;. The van der Waals surface area contributed by atoms with Crippen LogP contribution in [0.3, 0.4) is 0 Å². The molecule has 0 amide bonds. The molecule has 46 heavy (non-hydrogen) atoms. The maximum absolute atomic E-state index is 3.73. The number of hydrogen-bond acceptors (Lipinski definition) is 1. The van der Waals surface area contributed by atoms with Crippen LogP contribution in [0, 0.1) is 0 Å². The van der Waals surface area contributed by atoms with Crippen LogP contribution in [-0.4, -0.2) is 4.57 Å². The summed E-state index contributed by atoms with van der Waals surface area (Å²) in [7, 11) is 0. The van der Waals surface area contributed by atoms with Crippen LogP contribution in [0.2, 0.25) is 0 Å². The summed E-state index contributed by atoms with van der Waals surface area (Å²) in [5.74, 6) is 0. The molecule has 1 N–H and O–H groups in total. The van der Waals surface area contributed by atoms with E-state index < -0.39 is 0 Å². The molecule has 2 nitrogen and oxygen atoms in total. The molecule has 0 spiro atoms. The lowest BCUT2D eigenvalue weighted by Crippen LogP contribution is -1.95. The number of rotatable bonds is 6. The van der Waals surface area contributed by atoms with Gasteiger partial charge in [0.15, 0.2) is 0 Å². The summed E-state index contributed by atoms with van der Waals surface area (Å²) in [6.07, 6.45) is 8.00. The number of hydrogen-bond donors (Lipinski definition) is 1. The Morgan fingerprint density at radius 3 is 1.50 bits per heavy atom. The summed E-state index contributed by atoms with van der Waals surface area (Å²) in [5.41, 5.74) is 10.5. The van der Waals surface area contributed by atoms with E-state index in [0.29, 0.717) is 0 Å². The summed E-state index contributed by atoms with van der Waals surface area (Å²) >= 11 is 0. The number of nitrogens with zero attached hydrogens (tertiary/aromatic N) is 1. The maximum Gasteiger partial charge on any atom is 0.0561 e. The van der Waals surface area contributed by atoms with Gasteiger partial charge < -0.3 is 9.88 Å². The number of anilines is 2. The van der Waals surface area contributed by atoms with Crippen LogP contribution in [-0.2, 0) is 0 Å². The van der Waals surface area contributed by atoms with E-state index >= 15 is 0 Å². The van der Waals surface area contributed by atoms with Gasteiger partial charge in [-0.1, -0.05) is 141 Å². The van der Waals surface area contributed by atoms with E-state index in [4.69, 9.17) is 0 Å². The number of para-hydroxylation sites is 2. The van der Waals surface area contributed by atoms with Crippen molar-refractivity contribution >= 4 is 33.2 Å². The highest BCUT2D eigenvalue weighted by atomic mass is 15.0. The Bertz CT molecular complexity index is 1970. The third kappa shape index (κ3) is 7.36. The zero-order chi connectivity index (χ0) is 32.1. The Morgan fingerprint density at radius 1 is 0.435 bits per heavy atom. The monoisotopic (exact) mass is 598 g/mol. The molecule has 0 atom stereocenters. The number of benzene rings is 6. The number of allylic oxidation sites excluding steroid dienone is 4. The van der Waals surface area contributed by atoms with Crippen LogP contribution in [0.4, 0.5) is 11.4 Å². The quantitative estimate of drug-likeness (QED) is 0.188. The number of nitrogens with one attached hydrogen (secondary N) is 1. The Kier molecular flexibility index (Phi) is 11.0. The molecule has 0 fully saturated rings. The topological polar surface area (TPSA) is 17.0 Å². The molecule has 0 radical (unpaired) electrons. The molecule has 6 aromatic carbocycles. The SMILES string of the molecule is C/C=C\C=C/C.CC.c1ccc(-c2cc(Nc3ccc4c5ccccc5n(-c5ccccc5)c4c3)cc(-c3ccccc3)c2)cc1. The number of aromatic nitrogens is 1. The summed E-state index contributed by atoms with van der Waals surface area (Å²) in [6, 6.07) is 53.8. The van der Waals surface area contributed by atoms with Crippen molar-refractivity contribution in [2.45, 2.75) is 27.7 Å². The highest BCUT2D eigenvalue weighted by molar-refractivity contribution is 6.10. The molecule has 0 bridgehead atoms. The third-order valence-electron chi connectivity index (χ3n) is 7.62. The predicted octanol–water partition coefficient (Wildman–Crippen LogP) is 13.0.